The molecule has 3 aromatic rings. The molecule has 0 radical (unpaired) electrons. The Balaban J connectivity index is 1.56. The van der Waals surface area contributed by atoms with Gasteiger partial charge in [0.1, 0.15) is 5.75 Å². The first-order chi connectivity index (χ1) is 13.2. The van der Waals surface area contributed by atoms with E-state index in [9.17, 15) is 4.79 Å². The van der Waals surface area contributed by atoms with E-state index in [0.29, 0.717) is 24.6 Å². The number of carbonyl (C=O) groups excluding carboxylic acids is 1. The highest BCUT2D eigenvalue weighted by Gasteiger charge is 2.11. The fraction of sp³-hybridized carbons (Fsp3) is 0.238. The summed E-state index contributed by atoms with van der Waals surface area (Å²) in [6, 6.07) is 17.4. The minimum Gasteiger partial charge on any atom is -0.492 e. The maximum atomic E-state index is 12.4. The van der Waals surface area contributed by atoms with Crippen LogP contribution in [-0.2, 0) is 11.3 Å². The Morgan fingerprint density at radius 1 is 1.15 bits per heavy atom. The lowest BCUT2D eigenvalue weighted by Gasteiger charge is -2.16. The van der Waals surface area contributed by atoms with Crippen molar-refractivity contribution in [1.29, 1.82) is 0 Å². The molecule has 2 aromatic carbocycles. The summed E-state index contributed by atoms with van der Waals surface area (Å²) < 4.78 is 7.38. The van der Waals surface area contributed by atoms with Crippen LogP contribution in [0, 0.1) is 0 Å². The molecule has 0 aliphatic carbocycles. The molecule has 0 fully saturated rings. The maximum Gasteiger partial charge on any atom is 0.238 e. The third-order valence-corrected chi connectivity index (χ3v) is 3.98. The first-order valence-corrected chi connectivity index (χ1v) is 8.95. The van der Waals surface area contributed by atoms with Gasteiger partial charge >= 0.3 is 0 Å². The van der Waals surface area contributed by atoms with Gasteiger partial charge in [-0.25, -0.2) is 4.68 Å². The van der Waals surface area contributed by atoms with Gasteiger partial charge in [0, 0.05) is 18.3 Å². The van der Waals surface area contributed by atoms with Gasteiger partial charge in [0.25, 0.3) is 0 Å². The van der Waals surface area contributed by atoms with Crippen molar-refractivity contribution < 1.29 is 9.53 Å². The van der Waals surface area contributed by atoms with Gasteiger partial charge in [0.2, 0.25) is 5.91 Å². The summed E-state index contributed by atoms with van der Waals surface area (Å²) >= 11 is 0. The molecule has 1 amide bonds. The fourth-order valence-corrected chi connectivity index (χ4v) is 2.82. The second-order valence-corrected chi connectivity index (χ2v) is 6.28. The summed E-state index contributed by atoms with van der Waals surface area (Å²) in [6.07, 6.45) is 3.81. The Bertz CT molecular complexity index is 877. The van der Waals surface area contributed by atoms with Gasteiger partial charge in [-0.2, -0.15) is 5.10 Å². The maximum absolute atomic E-state index is 12.4. The number of nitrogens with one attached hydrogen (secondary N) is 1. The van der Waals surface area contributed by atoms with E-state index < -0.39 is 0 Å². The van der Waals surface area contributed by atoms with Gasteiger partial charge in [0.15, 0.2) is 0 Å². The van der Waals surface area contributed by atoms with Gasteiger partial charge in [-0.1, -0.05) is 30.3 Å². The number of hydrogen-bond acceptors (Lipinski definition) is 4. The molecule has 0 bridgehead atoms. The number of carbonyl (C=O) groups is 1. The van der Waals surface area contributed by atoms with E-state index in [-0.39, 0.29) is 12.5 Å². The van der Waals surface area contributed by atoms with Crippen LogP contribution in [0.4, 0.5) is 5.69 Å². The summed E-state index contributed by atoms with van der Waals surface area (Å²) in [5.41, 5.74) is 2.75. The minimum atomic E-state index is -0.0832. The Labute approximate surface area is 159 Å². The average Bonchev–Trinajstić information content (AvgIpc) is 3.12. The molecule has 27 heavy (non-hydrogen) atoms. The van der Waals surface area contributed by atoms with E-state index in [2.05, 4.69) is 10.4 Å². The molecule has 0 aliphatic rings. The van der Waals surface area contributed by atoms with Crippen molar-refractivity contribution in [2.24, 2.45) is 0 Å². The molecule has 1 N–H and O–H groups in total. The first kappa shape index (κ1) is 18.7. The molecule has 1 aromatic heterocycles. The molecular formula is C21H24N4O2. The van der Waals surface area contributed by atoms with E-state index in [1.807, 2.05) is 90.5 Å². The van der Waals surface area contributed by atoms with E-state index in [1.165, 1.54) is 0 Å². The molecule has 0 saturated heterocycles. The fourth-order valence-electron chi connectivity index (χ4n) is 2.82. The number of rotatable bonds is 8. The molecule has 0 saturated carbocycles. The van der Waals surface area contributed by atoms with Crippen LogP contribution < -0.4 is 10.1 Å². The highest BCUT2D eigenvalue weighted by molar-refractivity contribution is 5.93. The molecule has 1 heterocycles. The van der Waals surface area contributed by atoms with Crippen LogP contribution in [0.5, 0.6) is 5.75 Å². The SMILES string of the molecule is CCOc1ccccc1NC(=O)CN(C)Cc1cnn(-c2ccccc2)c1. The number of aromatic nitrogens is 2. The number of hydrogen-bond donors (Lipinski definition) is 1. The summed E-state index contributed by atoms with van der Waals surface area (Å²) in [4.78, 5) is 14.3. The van der Waals surface area contributed by atoms with Crippen LogP contribution in [0.15, 0.2) is 67.0 Å². The summed E-state index contributed by atoms with van der Waals surface area (Å²) in [5.74, 6) is 0.597. The Kier molecular flexibility index (Phi) is 6.22. The molecule has 0 unspecified atom stereocenters. The van der Waals surface area contributed by atoms with Crippen molar-refractivity contribution in [1.82, 2.24) is 14.7 Å². The molecule has 6 nitrogen and oxygen atoms in total. The second-order valence-electron chi connectivity index (χ2n) is 6.28. The largest absolute Gasteiger partial charge is 0.492 e. The van der Waals surface area contributed by atoms with Gasteiger partial charge in [0.05, 0.1) is 30.7 Å². The van der Waals surface area contributed by atoms with Crippen molar-refractivity contribution in [3.63, 3.8) is 0 Å². The molecular weight excluding hydrogens is 340 g/mol. The molecule has 0 aliphatic heterocycles. The van der Waals surface area contributed by atoms with Crippen LogP contribution in [-0.4, -0.2) is 40.8 Å². The van der Waals surface area contributed by atoms with E-state index >= 15 is 0 Å². The molecule has 0 atom stereocenters. The van der Waals surface area contributed by atoms with Gasteiger partial charge in [-0.05, 0) is 38.2 Å². The van der Waals surface area contributed by atoms with Crippen molar-refractivity contribution >= 4 is 11.6 Å². The summed E-state index contributed by atoms with van der Waals surface area (Å²) in [5, 5.41) is 7.31. The Morgan fingerprint density at radius 3 is 2.67 bits per heavy atom. The zero-order valence-corrected chi connectivity index (χ0v) is 15.6. The third-order valence-electron chi connectivity index (χ3n) is 3.98. The van der Waals surface area contributed by atoms with Gasteiger partial charge in [-0.3, -0.25) is 9.69 Å². The van der Waals surface area contributed by atoms with Crippen LogP contribution in [0.25, 0.3) is 5.69 Å². The number of likely N-dealkylation sites (N-methyl/N-ethyl adjacent to an activating group) is 1. The monoisotopic (exact) mass is 364 g/mol. The summed E-state index contributed by atoms with van der Waals surface area (Å²) in [6.45, 7) is 3.38. The van der Waals surface area contributed by atoms with E-state index in [0.717, 1.165) is 11.3 Å². The van der Waals surface area contributed by atoms with Crippen LogP contribution in [0.1, 0.15) is 12.5 Å². The first-order valence-electron chi connectivity index (χ1n) is 8.95. The van der Waals surface area contributed by atoms with Crippen molar-refractivity contribution in [2.45, 2.75) is 13.5 Å². The lowest BCUT2D eigenvalue weighted by molar-refractivity contribution is -0.117. The van der Waals surface area contributed by atoms with Crippen molar-refractivity contribution in [3.05, 3.63) is 72.6 Å². The molecule has 6 heteroatoms. The van der Waals surface area contributed by atoms with Gasteiger partial charge < -0.3 is 10.1 Å². The zero-order valence-electron chi connectivity index (χ0n) is 15.6. The standard InChI is InChI=1S/C21H24N4O2/c1-3-27-20-12-8-7-11-19(20)23-21(26)16-24(2)14-17-13-22-25(15-17)18-9-5-4-6-10-18/h4-13,15H,3,14,16H2,1-2H3,(H,23,26). The Morgan fingerprint density at radius 2 is 1.89 bits per heavy atom. The minimum absolute atomic E-state index is 0.0832. The van der Waals surface area contributed by atoms with Gasteiger partial charge in [-0.15, -0.1) is 0 Å². The van der Waals surface area contributed by atoms with Crippen LogP contribution >= 0.6 is 0 Å². The quantitative estimate of drug-likeness (QED) is 0.666. The number of amides is 1. The summed E-state index contributed by atoms with van der Waals surface area (Å²) in [7, 11) is 1.91. The van der Waals surface area contributed by atoms with E-state index in [4.69, 9.17) is 4.74 Å². The molecule has 0 spiro atoms. The lowest BCUT2D eigenvalue weighted by atomic mass is 10.3. The average molecular weight is 364 g/mol. The smallest absolute Gasteiger partial charge is 0.238 e. The lowest BCUT2D eigenvalue weighted by Crippen LogP contribution is -2.29. The predicted octanol–water partition coefficient (Wildman–Crippen LogP) is 3.34. The highest BCUT2D eigenvalue weighted by atomic mass is 16.5. The van der Waals surface area contributed by atoms with Crippen molar-refractivity contribution in [2.75, 3.05) is 25.5 Å². The van der Waals surface area contributed by atoms with Crippen LogP contribution in [0.2, 0.25) is 0 Å². The van der Waals surface area contributed by atoms with E-state index in [1.54, 1.807) is 0 Å². The topological polar surface area (TPSA) is 59.4 Å². The number of benzene rings is 2. The molecule has 140 valence electrons. The second kappa shape index (κ2) is 9.00. The number of anilines is 1. The number of para-hydroxylation sites is 3. The third kappa shape index (κ3) is 5.18. The van der Waals surface area contributed by atoms with Crippen LogP contribution in [0.3, 0.4) is 0 Å². The number of nitrogens with zero attached hydrogens (tertiary/aromatic N) is 3. The molecule has 3 rings (SSSR count). The Hall–Kier alpha value is -3.12. The van der Waals surface area contributed by atoms with Crippen molar-refractivity contribution in [3.8, 4) is 11.4 Å². The highest BCUT2D eigenvalue weighted by Crippen LogP contribution is 2.23. The normalized spacial score (nSPS) is 10.8. The zero-order chi connectivity index (χ0) is 19.1. The predicted molar refractivity (Wildman–Crippen MR) is 106 cm³/mol. The number of ether oxygens (including phenoxy) is 1.